The van der Waals surface area contributed by atoms with Gasteiger partial charge in [-0.2, -0.15) is 0 Å². The van der Waals surface area contributed by atoms with Gasteiger partial charge in [0.05, 0.1) is 18.2 Å². The second kappa shape index (κ2) is 9.63. The standard InChI is InChI=1S/C27H30N4O2/c1-33-20-7-8-22-24(18-30-26(22)17-20)19-10-15-31(16-11-19)14-4-12-29-27(32)23-9-13-28-25-6-3-2-5-21(23)25/h2-3,5-9,13,17-19,30H,4,10-12,14-16H2,1H3,(H,29,32). The zero-order valence-corrected chi connectivity index (χ0v) is 19.0. The van der Waals surface area contributed by atoms with Crippen molar-refractivity contribution < 1.29 is 9.53 Å². The number of amides is 1. The van der Waals surface area contributed by atoms with Crippen molar-refractivity contribution in [3.63, 3.8) is 0 Å². The first-order valence-corrected chi connectivity index (χ1v) is 11.7. The summed E-state index contributed by atoms with van der Waals surface area (Å²) in [5, 5.41) is 5.29. The van der Waals surface area contributed by atoms with E-state index in [1.807, 2.05) is 30.3 Å². The Balaban J connectivity index is 1.09. The topological polar surface area (TPSA) is 70.2 Å². The van der Waals surface area contributed by atoms with Gasteiger partial charge in [-0.05, 0) is 74.6 Å². The molecule has 2 aromatic heterocycles. The van der Waals surface area contributed by atoms with E-state index in [1.54, 1.807) is 19.4 Å². The number of piperidine rings is 1. The minimum absolute atomic E-state index is 0.0247. The summed E-state index contributed by atoms with van der Waals surface area (Å²) >= 11 is 0. The summed E-state index contributed by atoms with van der Waals surface area (Å²) in [5.41, 5.74) is 4.11. The van der Waals surface area contributed by atoms with Crippen LogP contribution in [0, 0.1) is 0 Å². The van der Waals surface area contributed by atoms with Crippen LogP contribution in [0.25, 0.3) is 21.8 Å². The van der Waals surface area contributed by atoms with Gasteiger partial charge in [0.1, 0.15) is 5.75 Å². The van der Waals surface area contributed by atoms with Gasteiger partial charge < -0.3 is 19.9 Å². The predicted molar refractivity (Wildman–Crippen MR) is 132 cm³/mol. The number of hydrogen-bond acceptors (Lipinski definition) is 4. The number of ether oxygens (including phenoxy) is 1. The van der Waals surface area contributed by atoms with Crippen LogP contribution in [-0.2, 0) is 0 Å². The fourth-order valence-corrected chi connectivity index (χ4v) is 4.95. The molecule has 1 amide bonds. The van der Waals surface area contributed by atoms with E-state index < -0.39 is 0 Å². The molecule has 2 N–H and O–H groups in total. The highest BCUT2D eigenvalue weighted by atomic mass is 16.5. The first-order valence-electron chi connectivity index (χ1n) is 11.7. The molecule has 1 fully saturated rings. The zero-order chi connectivity index (χ0) is 22.6. The minimum atomic E-state index is -0.0247. The number of H-pyrrole nitrogens is 1. The van der Waals surface area contributed by atoms with Crippen LogP contribution in [-0.4, -0.2) is 54.1 Å². The third-order valence-corrected chi connectivity index (χ3v) is 6.78. The normalized spacial score (nSPS) is 15.2. The number of nitrogens with one attached hydrogen (secondary N) is 2. The molecule has 0 atom stereocenters. The summed E-state index contributed by atoms with van der Waals surface area (Å²) in [6.45, 7) is 3.88. The van der Waals surface area contributed by atoms with Crippen molar-refractivity contribution in [2.75, 3.05) is 33.3 Å². The number of carbonyl (C=O) groups is 1. The maximum atomic E-state index is 12.7. The van der Waals surface area contributed by atoms with Crippen molar-refractivity contribution in [1.29, 1.82) is 0 Å². The molecule has 0 saturated carbocycles. The highest BCUT2D eigenvalue weighted by Crippen LogP contribution is 2.34. The van der Waals surface area contributed by atoms with Crippen LogP contribution in [0.15, 0.2) is 60.9 Å². The average Bonchev–Trinajstić information content (AvgIpc) is 3.29. The molecule has 2 aromatic carbocycles. The molecule has 5 rings (SSSR count). The Labute approximate surface area is 194 Å². The molecule has 33 heavy (non-hydrogen) atoms. The molecule has 0 aliphatic carbocycles. The number of rotatable bonds is 7. The molecule has 6 heteroatoms. The van der Waals surface area contributed by atoms with Gasteiger partial charge in [-0.3, -0.25) is 9.78 Å². The molecule has 1 aliphatic heterocycles. The van der Waals surface area contributed by atoms with Crippen molar-refractivity contribution in [3.05, 3.63) is 72.1 Å². The summed E-state index contributed by atoms with van der Waals surface area (Å²) in [6, 6.07) is 15.8. The summed E-state index contributed by atoms with van der Waals surface area (Å²) in [6.07, 6.45) is 7.14. The first-order chi connectivity index (χ1) is 16.2. The van der Waals surface area contributed by atoms with E-state index in [1.165, 1.54) is 10.9 Å². The highest BCUT2D eigenvalue weighted by molar-refractivity contribution is 6.05. The van der Waals surface area contributed by atoms with Gasteiger partial charge in [-0.25, -0.2) is 0 Å². The van der Waals surface area contributed by atoms with Crippen LogP contribution in [0.1, 0.15) is 41.1 Å². The maximum absolute atomic E-state index is 12.7. The Hall–Kier alpha value is -3.38. The van der Waals surface area contributed by atoms with Crippen molar-refractivity contribution >= 4 is 27.7 Å². The average molecular weight is 443 g/mol. The quantitative estimate of drug-likeness (QED) is 0.406. The van der Waals surface area contributed by atoms with E-state index >= 15 is 0 Å². The van der Waals surface area contributed by atoms with E-state index in [2.05, 4.69) is 38.5 Å². The molecule has 1 saturated heterocycles. The van der Waals surface area contributed by atoms with E-state index in [-0.39, 0.29) is 5.91 Å². The van der Waals surface area contributed by atoms with E-state index in [9.17, 15) is 4.79 Å². The predicted octanol–water partition coefficient (Wildman–Crippen LogP) is 4.72. The monoisotopic (exact) mass is 442 g/mol. The van der Waals surface area contributed by atoms with Crippen molar-refractivity contribution in [2.45, 2.75) is 25.2 Å². The second-order valence-corrected chi connectivity index (χ2v) is 8.76. The molecular formula is C27H30N4O2. The van der Waals surface area contributed by atoms with Crippen LogP contribution < -0.4 is 10.1 Å². The number of hydrogen-bond donors (Lipinski definition) is 2. The number of aromatic amines is 1. The number of likely N-dealkylation sites (tertiary alicyclic amines) is 1. The van der Waals surface area contributed by atoms with Crippen LogP contribution in [0.4, 0.5) is 0 Å². The Kier molecular flexibility index (Phi) is 6.26. The molecular weight excluding hydrogens is 412 g/mol. The molecule has 1 aliphatic rings. The lowest BCUT2D eigenvalue weighted by Crippen LogP contribution is -2.35. The summed E-state index contributed by atoms with van der Waals surface area (Å²) < 4.78 is 5.34. The summed E-state index contributed by atoms with van der Waals surface area (Å²) in [7, 11) is 1.70. The minimum Gasteiger partial charge on any atom is -0.497 e. The van der Waals surface area contributed by atoms with Gasteiger partial charge in [0.25, 0.3) is 5.91 Å². The lowest BCUT2D eigenvalue weighted by atomic mass is 9.89. The van der Waals surface area contributed by atoms with Crippen molar-refractivity contribution in [2.24, 2.45) is 0 Å². The fraction of sp³-hybridized carbons (Fsp3) is 0.333. The van der Waals surface area contributed by atoms with E-state index in [4.69, 9.17) is 4.74 Å². The van der Waals surface area contributed by atoms with Gasteiger partial charge in [0.2, 0.25) is 0 Å². The first kappa shape index (κ1) is 21.5. The largest absolute Gasteiger partial charge is 0.497 e. The molecule has 0 unspecified atom stereocenters. The number of pyridine rings is 1. The molecule has 170 valence electrons. The number of aromatic nitrogens is 2. The fourth-order valence-electron chi connectivity index (χ4n) is 4.95. The number of fused-ring (bicyclic) bond motifs is 2. The highest BCUT2D eigenvalue weighted by Gasteiger charge is 2.22. The number of methoxy groups -OCH3 is 1. The van der Waals surface area contributed by atoms with E-state index in [0.29, 0.717) is 18.0 Å². The molecule has 0 bridgehead atoms. The Morgan fingerprint density at radius 3 is 2.85 bits per heavy atom. The van der Waals surface area contributed by atoms with Gasteiger partial charge in [0, 0.05) is 41.3 Å². The lowest BCUT2D eigenvalue weighted by molar-refractivity contribution is 0.0952. The van der Waals surface area contributed by atoms with Gasteiger partial charge >= 0.3 is 0 Å². The van der Waals surface area contributed by atoms with Crippen LogP contribution in [0.5, 0.6) is 5.75 Å². The smallest absolute Gasteiger partial charge is 0.252 e. The van der Waals surface area contributed by atoms with E-state index in [0.717, 1.165) is 61.1 Å². The van der Waals surface area contributed by atoms with Crippen LogP contribution in [0.3, 0.4) is 0 Å². The van der Waals surface area contributed by atoms with Gasteiger partial charge in [-0.15, -0.1) is 0 Å². The number of benzene rings is 2. The Morgan fingerprint density at radius 2 is 2.00 bits per heavy atom. The molecule has 4 aromatic rings. The number of carbonyl (C=O) groups excluding carboxylic acids is 1. The maximum Gasteiger partial charge on any atom is 0.252 e. The molecule has 0 spiro atoms. The zero-order valence-electron chi connectivity index (χ0n) is 19.0. The summed E-state index contributed by atoms with van der Waals surface area (Å²) in [5.74, 6) is 1.45. The van der Waals surface area contributed by atoms with Crippen molar-refractivity contribution in [3.8, 4) is 5.75 Å². The Bertz CT molecular complexity index is 1250. The number of nitrogens with zero attached hydrogens (tertiary/aromatic N) is 2. The third-order valence-electron chi connectivity index (χ3n) is 6.78. The molecule has 6 nitrogen and oxygen atoms in total. The lowest BCUT2D eigenvalue weighted by Gasteiger charge is -2.32. The van der Waals surface area contributed by atoms with Crippen molar-refractivity contribution in [1.82, 2.24) is 20.2 Å². The summed E-state index contributed by atoms with van der Waals surface area (Å²) in [4.78, 5) is 22.9. The van der Waals surface area contributed by atoms with Gasteiger partial charge in [-0.1, -0.05) is 18.2 Å². The third kappa shape index (κ3) is 4.57. The van der Waals surface area contributed by atoms with Crippen LogP contribution in [0.2, 0.25) is 0 Å². The molecule has 0 radical (unpaired) electrons. The Morgan fingerprint density at radius 1 is 1.15 bits per heavy atom. The van der Waals surface area contributed by atoms with Gasteiger partial charge in [0.15, 0.2) is 0 Å². The SMILES string of the molecule is COc1ccc2c(C3CCN(CCCNC(=O)c4ccnc5ccccc45)CC3)c[nH]c2c1. The van der Waals surface area contributed by atoms with Crippen LogP contribution >= 0.6 is 0 Å². The molecule has 3 heterocycles. The number of para-hydroxylation sites is 1. The second-order valence-electron chi connectivity index (χ2n) is 8.76.